The summed E-state index contributed by atoms with van der Waals surface area (Å²) in [6.07, 6.45) is 2.08. The Bertz CT molecular complexity index is 1700. The Hall–Kier alpha value is -5.30. The molecule has 2 N–H and O–H groups in total. The minimum Gasteiger partial charge on any atom is -0.327 e. The van der Waals surface area contributed by atoms with Gasteiger partial charge in [-0.15, -0.1) is 0 Å². The van der Waals surface area contributed by atoms with Crippen LogP contribution in [0.25, 0.3) is 22.4 Å². The second-order valence-electron chi connectivity index (χ2n) is 9.96. The van der Waals surface area contributed by atoms with Crippen molar-refractivity contribution in [3.8, 4) is 11.4 Å². The fourth-order valence-corrected chi connectivity index (χ4v) is 3.82. The Labute approximate surface area is 252 Å². The van der Waals surface area contributed by atoms with Crippen LogP contribution in [0.15, 0.2) is 127 Å². The first kappa shape index (κ1) is 32.2. The summed E-state index contributed by atoms with van der Waals surface area (Å²) >= 11 is 0. The van der Waals surface area contributed by atoms with E-state index in [0.717, 1.165) is 22.4 Å². The normalized spacial score (nSPS) is 9.91. The third kappa shape index (κ3) is 9.64. The molecule has 0 radical (unpaired) electrons. The molecule has 6 nitrogen and oxygen atoms in total. The Kier molecular flexibility index (Phi) is 11.7. The molecule has 0 saturated heterocycles. The number of imidazole rings is 1. The van der Waals surface area contributed by atoms with Gasteiger partial charge in [-0.3, -0.25) is 9.59 Å². The number of rotatable bonds is 5. The van der Waals surface area contributed by atoms with Crippen molar-refractivity contribution in [1.29, 1.82) is 0 Å². The van der Waals surface area contributed by atoms with E-state index in [1.54, 1.807) is 24.3 Å². The number of nitrogens with one attached hydrogen (secondary N) is 2. The van der Waals surface area contributed by atoms with E-state index >= 15 is 0 Å². The standard InChI is InChI=1S/C28H22N4O2.C5H10.C3H5F/c1-32-25-17-16-23(30-28(34)21-10-6-3-7-11-21)18-24(25)31-26(32)19-12-14-22(15-13-19)29-27(33)20-8-4-2-5-9-20;1-4-5(2)3;1-3(2)4/h2-18H,1H3,(H,29,33)(H,30,34);4H,1-3H3;1H2,2H3. The molecule has 7 heteroatoms. The molecule has 0 aliphatic carbocycles. The van der Waals surface area contributed by atoms with Crippen molar-refractivity contribution >= 4 is 34.2 Å². The van der Waals surface area contributed by atoms with Crippen molar-refractivity contribution in [1.82, 2.24) is 9.55 Å². The van der Waals surface area contributed by atoms with Crippen LogP contribution in [0.4, 0.5) is 15.8 Å². The molecule has 5 aromatic rings. The minimum absolute atomic E-state index is 0.152. The van der Waals surface area contributed by atoms with Crippen LogP contribution in [0, 0.1) is 0 Å². The monoisotopic (exact) mass is 576 g/mol. The number of amides is 2. The Morgan fingerprint density at radius 2 is 1.21 bits per heavy atom. The van der Waals surface area contributed by atoms with Gasteiger partial charge in [0.15, 0.2) is 0 Å². The van der Waals surface area contributed by atoms with Gasteiger partial charge < -0.3 is 15.2 Å². The molecule has 0 saturated carbocycles. The van der Waals surface area contributed by atoms with Gasteiger partial charge in [-0.25, -0.2) is 9.37 Å². The maximum Gasteiger partial charge on any atom is 0.255 e. The first-order chi connectivity index (χ1) is 20.6. The molecule has 0 bridgehead atoms. The molecule has 0 unspecified atom stereocenters. The van der Waals surface area contributed by atoms with Gasteiger partial charge in [-0.05, 0) is 94.4 Å². The Balaban J connectivity index is 0.000000495. The number of carbonyl (C=O) groups excluding carboxylic acids is 2. The molecule has 0 fully saturated rings. The number of halogens is 1. The summed E-state index contributed by atoms with van der Waals surface area (Å²) in [6, 6.07) is 31.5. The predicted octanol–water partition coefficient (Wildman–Crippen LogP) is 9.21. The molecular formula is C36H37FN4O2. The molecule has 1 heterocycles. The SMILES string of the molecule is C=C(C)F.CC=C(C)C.Cn1c(-c2ccc(NC(=O)c3ccccc3)cc2)nc2cc(NC(=O)c3ccccc3)ccc21. The summed E-state index contributed by atoms with van der Waals surface area (Å²) in [5.41, 5.74) is 6.64. The molecule has 0 atom stereocenters. The molecule has 0 aliphatic heterocycles. The highest BCUT2D eigenvalue weighted by Crippen LogP contribution is 2.27. The van der Waals surface area contributed by atoms with E-state index in [0.29, 0.717) is 22.5 Å². The van der Waals surface area contributed by atoms with Crippen LogP contribution >= 0.6 is 0 Å². The molecule has 0 aliphatic rings. The summed E-state index contributed by atoms with van der Waals surface area (Å²) in [5.74, 6) is 0.146. The van der Waals surface area contributed by atoms with Crippen molar-refractivity contribution in [2.24, 2.45) is 7.05 Å². The van der Waals surface area contributed by atoms with Crippen molar-refractivity contribution in [3.63, 3.8) is 0 Å². The highest BCUT2D eigenvalue weighted by atomic mass is 19.1. The van der Waals surface area contributed by atoms with Gasteiger partial charge in [-0.2, -0.15) is 0 Å². The summed E-state index contributed by atoms with van der Waals surface area (Å²) in [7, 11) is 1.96. The quantitative estimate of drug-likeness (QED) is 0.205. The second kappa shape index (κ2) is 15.6. The summed E-state index contributed by atoms with van der Waals surface area (Å²) < 4.78 is 12.8. The smallest absolute Gasteiger partial charge is 0.255 e. The maximum absolute atomic E-state index is 12.5. The van der Waals surface area contributed by atoms with Crippen LogP contribution in [0.5, 0.6) is 0 Å². The largest absolute Gasteiger partial charge is 0.327 e. The van der Waals surface area contributed by atoms with Crippen molar-refractivity contribution in [3.05, 3.63) is 138 Å². The van der Waals surface area contributed by atoms with Crippen LogP contribution in [-0.4, -0.2) is 21.4 Å². The van der Waals surface area contributed by atoms with Crippen molar-refractivity contribution in [2.75, 3.05) is 10.6 Å². The lowest BCUT2D eigenvalue weighted by atomic mass is 10.1. The number of allylic oxidation sites excluding steroid dienone is 3. The third-order valence-corrected chi connectivity index (χ3v) is 6.19. The number of aromatic nitrogens is 2. The van der Waals surface area contributed by atoms with E-state index in [2.05, 4.69) is 37.1 Å². The van der Waals surface area contributed by atoms with Crippen molar-refractivity contribution in [2.45, 2.75) is 27.7 Å². The number of anilines is 2. The molecule has 220 valence electrons. The topological polar surface area (TPSA) is 76.0 Å². The Morgan fingerprint density at radius 3 is 1.67 bits per heavy atom. The molecular weight excluding hydrogens is 539 g/mol. The van der Waals surface area contributed by atoms with Gasteiger partial charge in [0.1, 0.15) is 5.82 Å². The number of benzene rings is 4. The van der Waals surface area contributed by atoms with E-state index < -0.39 is 0 Å². The van der Waals surface area contributed by atoms with E-state index in [9.17, 15) is 14.0 Å². The zero-order chi connectivity index (χ0) is 31.4. The predicted molar refractivity (Wildman–Crippen MR) is 176 cm³/mol. The van der Waals surface area contributed by atoms with Crippen molar-refractivity contribution < 1.29 is 14.0 Å². The van der Waals surface area contributed by atoms with Gasteiger partial charge in [0.25, 0.3) is 11.8 Å². The van der Waals surface area contributed by atoms with E-state index in [4.69, 9.17) is 4.98 Å². The number of fused-ring (bicyclic) bond motifs is 1. The van der Waals surface area contributed by atoms with Crippen LogP contribution in [0.3, 0.4) is 0 Å². The first-order valence-corrected chi connectivity index (χ1v) is 13.8. The lowest BCUT2D eigenvalue weighted by molar-refractivity contribution is 0.101. The molecule has 5 rings (SSSR count). The maximum atomic E-state index is 12.5. The first-order valence-electron chi connectivity index (χ1n) is 13.8. The van der Waals surface area contributed by atoms with E-state index in [1.807, 2.05) is 97.4 Å². The van der Waals surface area contributed by atoms with Crippen LogP contribution in [0.1, 0.15) is 48.4 Å². The highest BCUT2D eigenvalue weighted by molar-refractivity contribution is 6.05. The Morgan fingerprint density at radius 1 is 0.767 bits per heavy atom. The molecule has 0 spiro atoms. The third-order valence-electron chi connectivity index (χ3n) is 6.19. The van der Waals surface area contributed by atoms with Gasteiger partial charge in [0.05, 0.1) is 16.9 Å². The average Bonchev–Trinajstić information content (AvgIpc) is 3.33. The van der Waals surface area contributed by atoms with Gasteiger partial charge in [0.2, 0.25) is 0 Å². The highest BCUT2D eigenvalue weighted by Gasteiger charge is 2.13. The second-order valence-corrected chi connectivity index (χ2v) is 9.96. The van der Waals surface area contributed by atoms with Crippen LogP contribution in [0.2, 0.25) is 0 Å². The number of hydrogen-bond acceptors (Lipinski definition) is 3. The zero-order valence-electron chi connectivity index (χ0n) is 25.2. The molecule has 4 aromatic carbocycles. The number of hydrogen-bond donors (Lipinski definition) is 2. The van der Waals surface area contributed by atoms with Gasteiger partial charge in [-0.1, -0.05) is 54.6 Å². The summed E-state index contributed by atoms with van der Waals surface area (Å²) in [4.78, 5) is 29.6. The zero-order valence-corrected chi connectivity index (χ0v) is 25.2. The fourth-order valence-electron chi connectivity index (χ4n) is 3.82. The van der Waals surface area contributed by atoms with Crippen LogP contribution < -0.4 is 10.6 Å². The van der Waals surface area contributed by atoms with Gasteiger partial charge >= 0.3 is 0 Å². The van der Waals surface area contributed by atoms with E-state index in [-0.39, 0.29) is 17.6 Å². The minimum atomic E-state index is -0.333. The summed E-state index contributed by atoms with van der Waals surface area (Å²) in [6.45, 7) is 10.4. The molecule has 2 amide bonds. The lowest BCUT2D eigenvalue weighted by Crippen LogP contribution is -2.11. The number of nitrogens with zero attached hydrogens (tertiary/aromatic N) is 2. The van der Waals surface area contributed by atoms with Crippen LogP contribution in [-0.2, 0) is 7.05 Å². The average molecular weight is 577 g/mol. The van der Waals surface area contributed by atoms with Gasteiger partial charge in [0, 0.05) is 35.1 Å². The molecule has 1 aromatic heterocycles. The van der Waals surface area contributed by atoms with E-state index in [1.165, 1.54) is 12.5 Å². The number of aryl methyl sites for hydroxylation is 1. The fraction of sp³-hybridized carbons (Fsp3) is 0.139. The lowest BCUT2D eigenvalue weighted by Gasteiger charge is -2.07. The molecule has 43 heavy (non-hydrogen) atoms. The summed E-state index contributed by atoms with van der Waals surface area (Å²) in [5, 5.41) is 5.84. The number of carbonyl (C=O) groups is 2.